The molecule has 10 aromatic rings. The Balaban J connectivity index is 1.12. The van der Waals surface area contributed by atoms with Crippen molar-refractivity contribution in [3.8, 4) is 39.1 Å². The lowest BCUT2D eigenvalue weighted by Crippen LogP contribution is -2.65. The highest BCUT2D eigenvalue weighted by atomic mass is 16.4. The Morgan fingerprint density at radius 3 is 2.01 bits per heavy atom. The maximum atomic E-state index is 13.8. The number of benzene rings is 9. The largest absolute Gasteiger partial charge is 0.478 e. The van der Waals surface area contributed by atoms with Crippen LogP contribution in [-0.4, -0.2) is 40.1 Å². The standard InChI is InChI=1S/C70H51B2NO4/c1-69(2,3)40-22-21-35-25-36-26-37-27-38(67(74)75)31-55-62(37)72(53-19-12-17-46-43-15-9-10-20-54(43)73(55)66(46)53)64-56(36)59(47(35)32-40)65-61-58(45-24-23-41(70(4,5)6)33-49(45)60(61)64)51-30-39(68(76)77)29-50-48-28-34-13-7-8-14-42(34)44-16-11-18-52(57(44)48)71(65)63(50)51/h7-24,26-27,29-33,48,58H,25,28H2,1-6H3,(H,74,75)(H,76,77). The number of aromatic nitrogens is 1. The SMILES string of the molecule is CC(C)(C)c1ccc2c(c1)-c1c3c4c(c5c1C(=Cc1cc(C(=O)O)cc6c1B5c1cccc5c7ccccc7n-6c15)C2)-c1cc(C(C)(C)C)ccc1C4c1cc(C(=O)O)cc2c1B3c1cccc3c1C2Cc1ccccc1-3. The van der Waals surface area contributed by atoms with Gasteiger partial charge in [0.25, 0.3) is 0 Å². The van der Waals surface area contributed by atoms with Crippen LogP contribution >= 0.6 is 0 Å². The van der Waals surface area contributed by atoms with Gasteiger partial charge in [0, 0.05) is 33.8 Å². The van der Waals surface area contributed by atoms with Crippen molar-refractivity contribution >= 4 is 91.6 Å². The third kappa shape index (κ3) is 5.42. The average Bonchev–Trinajstić information content (AvgIpc) is 2.79. The molecule has 7 heteroatoms. The topological polar surface area (TPSA) is 79.5 Å². The van der Waals surface area contributed by atoms with Gasteiger partial charge in [-0.25, -0.2) is 9.59 Å². The maximum absolute atomic E-state index is 13.8. The number of carboxylic acid groups (broad SMARTS) is 2. The molecule has 77 heavy (non-hydrogen) atoms. The van der Waals surface area contributed by atoms with Crippen molar-refractivity contribution in [1.29, 1.82) is 0 Å². The molecule has 3 aliphatic carbocycles. The summed E-state index contributed by atoms with van der Waals surface area (Å²) >= 11 is 0. The highest BCUT2D eigenvalue weighted by Gasteiger charge is 2.54. The van der Waals surface area contributed by atoms with E-state index in [1.807, 2.05) is 18.2 Å². The predicted molar refractivity (Wildman–Crippen MR) is 315 cm³/mol. The summed E-state index contributed by atoms with van der Waals surface area (Å²) in [4.78, 5) is 27.3. The van der Waals surface area contributed by atoms with Crippen molar-refractivity contribution in [3.05, 3.63) is 218 Å². The van der Waals surface area contributed by atoms with Gasteiger partial charge in [0.1, 0.15) is 0 Å². The third-order valence-corrected chi connectivity index (χ3v) is 19.3. The minimum Gasteiger partial charge on any atom is -0.478 e. The van der Waals surface area contributed by atoms with Gasteiger partial charge in [0.05, 0.1) is 16.6 Å². The van der Waals surface area contributed by atoms with E-state index in [-0.39, 0.29) is 41.7 Å². The molecule has 0 amide bonds. The summed E-state index contributed by atoms with van der Waals surface area (Å²) in [5.41, 5.74) is 32.9. The van der Waals surface area contributed by atoms with E-state index in [0.29, 0.717) is 12.0 Å². The number of hydrogen-bond acceptors (Lipinski definition) is 2. The molecule has 1 aromatic heterocycles. The monoisotopic (exact) mass is 991 g/mol. The second-order valence-electron chi connectivity index (χ2n) is 25.2. The quantitative estimate of drug-likeness (QED) is 0.169. The fourth-order valence-corrected chi connectivity index (χ4v) is 16.1. The van der Waals surface area contributed by atoms with Gasteiger partial charge in [-0.2, -0.15) is 0 Å². The minimum atomic E-state index is -0.948. The van der Waals surface area contributed by atoms with Gasteiger partial charge in [0.15, 0.2) is 0 Å². The predicted octanol–water partition coefficient (Wildman–Crippen LogP) is 11.3. The average molecular weight is 992 g/mol. The summed E-state index contributed by atoms with van der Waals surface area (Å²) in [6.07, 6.45) is 3.85. The van der Waals surface area contributed by atoms with Crippen LogP contribution in [0.4, 0.5) is 0 Å². The van der Waals surface area contributed by atoms with Crippen LogP contribution in [0.3, 0.4) is 0 Å². The molecule has 7 aliphatic rings. The Kier molecular flexibility index (Phi) is 8.15. The fourth-order valence-electron chi connectivity index (χ4n) is 16.1. The van der Waals surface area contributed by atoms with Gasteiger partial charge >= 0.3 is 11.9 Å². The molecule has 0 radical (unpaired) electrons. The van der Waals surface area contributed by atoms with Crippen LogP contribution in [0.5, 0.6) is 0 Å². The molecule has 0 fully saturated rings. The van der Waals surface area contributed by atoms with E-state index in [9.17, 15) is 19.8 Å². The van der Waals surface area contributed by atoms with Crippen molar-refractivity contribution in [2.75, 3.05) is 0 Å². The smallest absolute Gasteiger partial charge is 0.335 e. The van der Waals surface area contributed by atoms with Gasteiger partial charge in [-0.3, -0.25) is 0 Å². The van der Waals surface area contributed by atoms with Crippen molar-refractivity contribution in [1.82, 2.24) is 4.57 Å². The van der Waals surface area contributed by atoms with Gasteiger partial charge in [-0.1, -0.05) is 185 Å². The first-order valence-electron chi connectivity index (χ1n) is 27.4. The second kappa shape index (κ2) is 14.3. The van der Waals surface area contributed by atoms with Crippen LogP contribution in [-0.2, 0) is 23.7 Å². The van der Waals surface area contributed by atoms with Gasteiger partial charge in [-0.05, 0) is 165 Å². The molecule has 0 spiro atoms. The van der Waals surface area contributed by atoms with E-state index in [0.717, 1.165) is 56.1 Å². The Hall–Kier alpha value is -8.41. The lowest BCUT2D eigenvalue weighted by molar-refractivity contribution is 0.0686. The summed E-state index contributed by atoms with van der Waals surface area (Å²) in [6, 6.07) is 53.6. The zero-order valence-electron chi connectivity index (χ0n) is 43.8. The summed E-state index contributed by atoms with van der Waals surface area (Å²) in [5.74, 6) is -2.13. The molecular formula is C70H51B2NO4. The molecule has 17 rings (SSSR count). The molecule has 2 unspecified atom stereocenters. The number of carbonyl (C=O) groups is 2. The van der Waals surface area contributed by atoms with E-state index in [1.54, 1.807) is 0 Å². The van der Waals surface area contributed by atoms with Crippen LogP contribution in [0, 0.1) is 0 Å². The first-order valence-corrected chi connectivity index (χ1v) is 27.4. The maximum Gasteiger partial charge on any atom is 0.335 e. The molecular weight excluding hydrogens is 940 g/mol. The van der Waals surface area contributed by atoms with Crippen LogP contribution in [0.25, 0.3) is 72.5 Å². The molecule has 4 aliphatic heterocycles. The van der Waals surface area contributed by atoms with Crippen LogP contribution < -0.4 is 32.8 Å². The zero-order valence-corrected chi connectivity index (χ0v) is 43.8. The first kappa shape index (κ1) is 43.8. The molecule has 0 saturated carbocycles. The number of para-hydroxylation sites is 2. The molecule has 2 N–H and O–H groups in total. The van der Waals surface area contributed by atoms with Crippen molar-refractivity contribution < 1.29 is 19.8 Å². The molecule has 0 bridgehead atoms. The van der Waals surface area contributed by atoms with Crippen LogP contribution in [0.2, 0.25) is 0 Å². The highest BCUT2D eigenvalue weighted by molar-refractivity contribution is 7.01. The van der Waals surface area contributed by atoms with E-state index in [2.05, 4.69) is 180 Å². The second-order valence-corrected chi connectivity index (χ2v) is 25.2. The number of fused-ring (bicyclic) bond motifs is 19. The minimum absolute atomic E-state index is 0.0242. The molecule has 5 heterocycles. The van der Waals surface area contributed by atoms with Gasteiger partial charge in [-0.15, -0.1) is 0 Å². The summed E-state index contributed by atoms with van der Waals surface area (Å²) < 4.78 is 2.36. The Morgan fingerprint density at radius 2 is 1.21 bits per heavy atom. The van der Waals surface area contributed by atoms with E-state index in [1.165, 1.54) is 111 Å². The third-order valence-electron chi connectivity index (χ3n) is 19.3. The Bertz CT molecular complexity index is 4570. The zero-order chi connectivity index (χ0) is 52.0. The van der Waals surface area contributed by atoms with Crippen LogP contribution in [0.15, 0.2) is 146 Å². The van der Waals surface area contributed by atoms with Gasteiger partial charge in [0.2, 0.25) is 13.4 Å². The molecule has 5 nitrogen and oxygen atoms in total. The van der Waals surface area contributed by atoms with Crippen molar-refractivity contribution in [2.24, 2.45) is 0 Å². The molecule has 366 valence electrons. The summed E-state index contributed by atoms with van der Waals surface area (Å²) in [7, 11) is 0. The number of carboxylic acids is 2. The molecule has 2 atom stereocenters. The highest BCUT2D eigenvalue weighted by Crippen LogP contribution is 2.56. The molecule has 9 aromatic carbocycles. The number of hydrogen-bond donors (Lipinski definition) is 2. The molecule has 0 saturated heterocycles. The number of nitrogens with zero attached hydrogens (tertiary/aromatic N) is 1. The van der Waals surface area contributed by atoms with E-state index in [4.69, 9.17) is 0 Å². The van der Waals surface area contributed by atoms with Crippen molar-refractivity contribution in [3.63, 3.8) is 0 Å². The lowest BCUT2D eigenvalue weighted by Gasteiger charge is -2.45. The van der Waals surface area contributed by atoms with E-state index >= 15 is 0 Å². The number of aromatic carboxylic acids is 2. The number of rotatable bonds is 2. The Morgan fingerprint density at radius 1 is 0.532 bits per heavy atom. The summed E-state index contributed by atoms with van der Waals surface area (Å²) in [6.45, 7) is 13.3. The first-order chi connectivity index (χ1) is 37.1. The fraction of sp³-hybridized carbons (Fsp3) is 0.171. The normalized spacial score (nSPS) is 16.8. The van der Waals surface area contributed by atoms with Crippen LogP contribution in [0.1, 0.15) is 135 Å². The Labute approximate surface area is 447 Å². The van der Waals surface area contributed by atoms with E-state index < -0.39 is 11.9 Å². The lowest BCUT2D eigenvalue weighted by atomic mass is 9.26. The van der Waals surface area contributed by atoms with Gasteiger partial charge < -0.3 is 14.8 Å². The summed E-state index contributed by atoms with van der Waals surface area (Å²) in [5, 5.41) is 24.6. The number of allylic oxidation sites excluding steroid dienone is 1. The van der Waals surface area contributed by atoms with Crippen molar-refractivity contribution in [2.45, 2.75) is 77.0 Å².